The van der Waals surface area contributed by atoms with Crippen LogP contribution in [-0.4, -0.2) is 14.5 Å². The van der Waals surface area contributed by atoms with Crippen molar-refractivity contribution in [3.63, 3.8) is 0 Å². The van der Waals surface area contributed by atoms with Crippen LogP contribution in [-0.2, 0) is 46.1 Å². The van der Waals surface area contributed by atoms with Gasteiger partial charge in [0, 0.05) is 20.8 Å². The van der Waals surface area contributed by atoms with Crippen molar-refractivity contribution >= 4 is 62.2 Å². The van der Waals surface area contributed by atoms with Crippen molar-refractivity contribution in [1.82, 2.24) is 0 Å². The maximum Gasteiger partial charge on any atom is 2.00 e. The van der Waals surface area contributed by atoms with Crippen molar-refractivity contribution in [2.24, 2.45) is 0 Å². The van der Waals surface area contributed by atoms with Crippen LogP contribution in [0.2, 0.25) is 0 Å². The molecule has 4 bridgehead atoms. The molecular formula is C46H43B2F8N3P2Pd. The molecule has 3 nitrogen and oxygen atoms in total. The Balaban J connectivity index is 0.000000819. The van der Waals surface area contributed by atoms with Gasteiger partial charge in [0.25, 0.3) is 0 Å². The summed E-state index contributed by atoms with van der Waals surface area (Å²) in [6.45, 7) is 4.29. The Morgan fingerprint density at radius 3 is 0.806 bits per heavy atom. The van der Waals surface area contributed by atoms with Gasteiger partial charge in [0.05, 0.1) is 18.2 Å². The summed E-state index contributed by atoms with van der Waals surface area (Å²) in [6, 6.07) is 64.6. The number of hydrogen-bond acceptors (Lipinski definition) is 3. The van der Waals surface area contributed by atoms with Crippen LogP contribution < -0.4 is 31.8 Å². The SMILES string of the molecule is CC#N.CC#N.CC#N.F[B-](F)(F)F.F[B-](F)(F)F.[Pd+2].c1ccc(P(c2ccccc2)c2cc3ccc2CCc2ccc(cc2P(c2ccccc2)c2ccccc2)CC3)cc1. The van der Waals surface area contributed by atoms with Crippen molar-refractivity contribution in [1.29, 1.82) is 15.8 Å². The van der Waals surface area contributed by atoms with E-state index in [1.807, 2.05) is 0 Å². The first-order chi connectivity index (χ1) is 29.1. The van der Waals surface area contributed by atoms with E-state index in [-0.39, 0.29) is 20.4 Å². The van der Waals surface area contributed by atoms with Gasteiger partial charge in [-0.25, -0.2) is 0 Å². The molecule has 4 aliphatic carbocycles. The molecule has 0 N–H and O–H groups in total. The summed E-state index contributed by atoms with van der Waals surface area (Å²) in [7, 11) is -13.3. The van der Waals surface area contributed by atoms with E-state index in [0.717, 1.165) is 25.7 Å². The number of rotatable bonds is 6. The monoisotopic (exact) mass is 979 g/mol. The molecule has 0 heterocycles. The second-order valence-corrected chi connectivity index (χ2v) is 17.0. The molecule has 0 atom stereocenters. The number of nitriles is 3. The third-order valence-corrected chi connectivity index (χ3v) is 13.3. The summed E-state index contributed by atoms with van der Waals surface area (Å²) in [4.78, 5) is 0. The van der Waals surface area contributed by atoms with Crippen LogP contribution in [0.3, 0.4) is 0 Å². The molecule has 10 rings (SSSR count). The number of aryl methyl sites for hydroxylation is 4. The Labute approximate surface area is 375 Å². The third-order valence-electron chi connectivity index (χ3n) is 8.20. The average Bonchev–Trinajstić information content (AvgIpc) is 3.21. The molecule has 0 aromatic heterocycles. The van der Waals surface area contributed by atoms with Crippen LogP contribution in [0.25, 0.3) is 0 Å². The Bertz CT molecular complexity index is 2040. The van der Waals surface area contributed by atoms with Gasteiger partial charge >= 0.3 is 34.9 Å². The Morgan fingerprint density at radius 2 is 0.597 bits per heavy atom. The summed E-state index contributed by atoms with van der Waals surface area (Å²) in [5.74, 6) is 0. The molecular weight excluding hydrogens is 937 g/mol. The number of benzene rings is 6. The number of hydrogen-bond donors (Lipinski definition) is 0. The van der Waals surface area contributed by atoms with Crippen LogP contribution in [0.15, 0.2) is 158 Å². The van der Waals surface area contributed by atoms with Gasteiger partial charge in [0.1, 0.15) is 0 Å². The van der Waals surface area contributed by atoms with E-state index in [2.05, 4.69) is 158 Å². The second kappa shape index (κ2) is 29.2. The summed E-state index contributed by atoms with van der Waals surface area (Å²) in [5, 5.41) is 30.7. The molecule has 6 aromatic carbocycles. The maximum atomic E-state index is 9.75. The molecule has 0 aliphatic heterocycles. The Morgan fingerprint density at radius 1 is 0.387 bits per heavy atom. The summed E-state index contributed by atoms with van der Waals surface area (Å²) >= 11 is 0. The Hall–Kier alpha value is -5.12. The standard InChI is InChI=1S/C40H34P2.3C2H3N.2BF4.Pd/c1-5-13-35(14-6-1)41(36-15-7-2-8-16-36)39-29-31-21-22-32-24-26-34(28-27-33(39)25-23-31)40(30-32)42(37-17-9-3-10-18-37)38-19-11-4-12-20-38;3*1-2-3;2*2-1(3,4)5;/h1-20,23-26,29-30H,21-22,27-28H2;3*1H3;;;/q;;;;2*-1;+2. The fourth-order valence-electron chi connectivity index (χ4n) is 6.09. The first-order valence-corrected chi connectivity index (χ1v) is 21.5. The van der Waals surface area contributed by atoms with Crippen molar-refractivity contribution in [3.8, 4) is 18.2 Å². The molecule has 0 saturated carbocycles. The zero-order chi connectivity index (χ0) is 45.3. The smallest absolute Gasteiger partial charge is 0.418 e. The minimum atomic E-state index is -6.00. The molecule has 0 amide bonds. The van der Waals surface area contributed by atoms with Gasteiger partial charge in [0.2, 0.25) is 0 Å². The average molecular weight is 980 g/mol. The van der Waals surface area contributed by atoms with Gasteiger partial charge in [-0.2, -0.15) is 15.8 Å². The van der Waals surface area contributed by atoms with Crippen LogP contribution in [0, 0.1) is 34.0 Å². The normalized spacial score (nSPS) is 11.0. The molecule has 6 aromatic rings. The van der Waals surface area contributed by atoms with Crippen LogP contribution >= 0.6 is 15.8 Å². The van der Waals surface area contributed by atoms with Gasteiger partial charge in [0.15, 0.2) is 0 Å². The van der Waals surface area contributed by atoms with Gasteiger partial charge in [-0.05, 0) is 95.6 Å². The molecule has 0 unspecified atom stereocenters. The topological polar surface area (TPSA) is 71.4 Å². The summed E-state index contributed by atoms with van der Waals surface area (Å²) in [6.07, 6.45) is 4.17. The van der Waals surface area contributed by atoms with Crippen molar-refractivity contribution in [3.05, 3.63) is 180 Å². The first-order valence-electron chi connectivity index (χ1n) is 18.8. The van der Waals surface area contributed by atoms with E-state index in [4.69, 9.17) is 15.8 Å². The quantitative estimate of drug-likeness (QED) is 0.0948. The zero-order valence-corrected chi connectivity index (χ0v) is 37.4. The van der Waals surface area contributed by atoms with Crippen LogP contribution in [0.4, 0.5) is 34.5 Å². The first kappa shape index (κ1) is 54.9. The van der Waals surface area contributed by atoms with E-state index >= 15 is 0 Å². The molecule has 0 radical (unpaired) electrons. The van der Waals surface area contributed by atoms with Crippen LogP contribution in [0.5, 0.6) is 0 Å². The van der Waals surface area contributed by atoms with Crippen molar-refractivity contribution in [2.45, 2.75) is 46.5 Å². The van der Waals surface area contributed by atoms with Gasteiger partial charge in [-0.1, -0.05) is 158 Å². The predicted molar refractivity (Wildman–Crippen MR) is 239 cm³/mol. The molecule has 16 heteroatoms. The Kier molecular flexibility index (Phi) is 25.9. The van der Waals surface area contributed by atoms with E-state index < -0.39 is 30.4 Å². The molecule has 324 valence electrons. The second-order valence-electron chi connectivity index (χ2n) is 12.6. The molecule has 0 saturated heterocycles. The zero-order valence-electron chi connectivity index (χ0n) is 34.1. The van der Waals surface area contributed by atoms with E-state index in [0.29, 0.717) is 0 Å². The predicted octanol–water partition coefficient (Wildman–Crippen LogP) is 11.3. The van der Waals surface area contributed by atoms with Crippen molar-refractivity contribution < 1.29 is 54.9 Å². The maximum absolute atomic E-state index is 9.75. The number of halogens is 8. The largest absolute Gasteiger partial charge is 2.00 e. The van der Waals surface area contributed by atoms with Crippen molar-refractivity contribution in [2.75, 3.05) is 0 Å². The van der Waals surface area contributed by atoms with Gasteiger partial charge in [-0.3, -0.25) is 0 Å². The molecule has 0 spiro atoms. The fraction of sp³-hybridized carbons (Fsp3) is 0.152. The summed E-state index contributed by atoms with van der Waals surface area (Å²) < 4.78 is 78.0. The molecule has 4 aliphatic rings. The molecule has 0 fully saturated rings. The van der Waals surface area contributed by atoms with E-state index in [9.17, 15) is 34.5 Å². The van der Waals surface area contributed by atoms with E-state index in [1.165, 1.54) is 74.9 Å². The third kappa shape index (κ3) is 21.1. The summed E-state index contributed by atoms with van der Waals surface area (Å²) in [5.41, 5.74) is 5.84. The van der Waals surface area contributed by atoms with Gasteiger partial charge < -0.3 is 34.5 Å². The van der Waals surface area contributed by atoms with E-state index in [1.54, 1.807) is 18.2 Å². The van der Waals surface area contributed by atoms with Crippen LogP contribution in [0.1, 0.15) is 43.0 Å². The fourth-order valence-corrected chi connectivity index (χ4v) is 11.2. The molecule has 62 heavy (non-hydrogen) atoms. The number of nitrogens with zero attached hydrogens (tertiary/aromatic N) is 3. The minimum Gasteiger partial charge on any atom is -0.418 e. The minimum absolute atomic E-state index is 0. The van der Waals surface area contributed by atoms with Gasteiger partial charge in [-0.15, -0.1) is 0 Å².